The Hall–Kier alpha value is -1.12. The largest absolute Gasteiger partial charge is 0.478 e. The molecule has 1 aromatic carbocycles. The second-order valence-corrected chi connectivity index (χ2v) is 6.90. The topological polar surface area (TPSA) is 83.5 Å². The lowest BCUT2D eigenvalue weighted by atomic mass is 10.1. The van der Waals surface area contributed by atoms with Crippen LogP contribution in [0.4, 0.5) is 4.39 Å². The van der Waals surface area contributed by atoms with Gasteiger partial charge in [-0.1, -0.05) is 0 Å². The molecule has 0 saturated heterocycles. The van der Waals surface area contributed by atoms with Gasteiger partial charge in [0.15, 0.2) is 0 Å². The molecule has 8 heteroatoms. The maximum absolute atomic E-state index is 13.6. The summed E-state index contributed by atoms with van der Waals surface area (Å²) in [7, 11) is -3.83. The predicted octanol–water partition coefficient (Wildman–Crippen LogP) is 1.86. The van der Waals surface area contributed by atoms with Gasteiger partial charge in [0.2, 0.25) is 10.0 Å². The minimum Gasteiger partial charge on any atom is -0.478 e. The van der Waals surface area contributed by atoms with Crippen LogP contribution in [0.2, 0.25) is 0 Å². The summed E-state index contributed by atoms with van der Waals surface area (Å²) >= 11 is 1.60. The van der Waals surface area contributed by atoms with E-state index in [1.54, 1.807) is 11.8 Å². The number of hydrogen-bond acceptors (Lipinski definition) is 4. The molecule has 0 aliphatic rings. The van der Waals surface area contributed by atoms with Crippen LogP contribution in [0.3, 0.4) is 0 Å². The van der Waals surface area contributed by atoms with Crippen molar-refractivity contribution >= 4 is 27.8 Å². The second kappa shape index (κ2) is 7.05. The number of rotatable bonds is 7. The molecule has 0 bridgehead atoms. The van der Waals surface area contributed by atoms with Gasteiger partial charge < -0.3 is 5.11 Å². The number of aromatic carboxylic acids is 1. The van der Waals surface area contributed by atoms with Crippen LogP contribution in [0.25, 0.3) is 0 Å². The van der Waals surface area contributed by atoms with Gasteiger partial charge in [-0.15, -0.1) is 0 Å². The van der Waals surface area contributed by atoms with Gasteiger partial charge in [-0.25, -0.2) is 22.3 Å². The molecule has 5 nitrogen and oxygen atoms in total. The van der Waals surface area contributed by atoms with Crippen LogP contribution in [-0.2, 0) is 10.0 Å². The van der Waals surface area contributed by atoms with Crippen molar-refractivity contribution < 1.29 is 22.7 Å². The van der Waals surface area contributed by atoms with Crippen molar-refractivity contribution in [1.82, 2.24) is 4.72 Å². The monoisotopic (exact) mass is 321 g/mol. The van der Waals surface area contributed by atoms with Crippen LogP contribution in [-0.4, -0.2) is 38.0 Å². The predicted molar refractivity (Wildman–Crippen MR) is 76.3 cm³/mol. The number of thioether (sulfide) groups is 1. The third-order valence-electron chi connectivity index (χ3n) is 2.59. The van der Waals surface area contributed by atoms with Crippen molar-refractivity contribution in [2.45, 2.75) is 18.2 Å². The van der Waals surface area contributed by atoms with E-state index in [1.165, 1.54) is 6.92 Å². The highest BCUT2D eigenvalue weighted by atomic mass is 32.2. The first-order chi connectivity index (χ1) is 9.29. The number of halogens is 1. The van der Waals surface area contributed by atoms with Gasteiger partial charge >= 0.3 is 5.97 Å². The van der Waals surface area contributed by atoms with Crippen LogP contribution in [0.5, 0.6) is 0 Å². The lowest BCUT2D eigenvalue weighted by molar-refractivity contribution is 0.0691. The van der Waals surface area contributed by atoms with Gasteiger partial charge in [0, 0.05) is 6.54 Å². The van der Waals surface area contributed by atoms with Gasteiger partial charge in [-0.2, -0.15) is 11.8 Å². The van der Waals surface area contributed by atoms with E-state index in [2.05, 4.69) is 4.72 Å². The lowest BCUT2D eigenvalue weighted by Gasteiger charge is -2.09. The van der Waals surface area contributed by atoms with Gasteiger partial charge in [0.05, 0.1) is 10.5 Å². The van der Waals surface area contributed by atoms with E-state index in [1.807, 2.05) is 6.26 Å². The molecular formula is C12H16FNO4S2. The first-order valence-electron chi connectivity index (χ1n) is 5.81. The van der Waals surface area contributed by atoms with Gasteiger partial charge in [-0.3, -0.25) is 0 Å². The number of carboxylic acids is 1. The average molecular weight is 321 g/mol. The van der Waals surface area contributed by atoms with E-state index in [-0.39, 0.29) is 17.0 Å². The fraction of sp³-hybridized carbons (Fsp3) is 0.417. The standard InChI is InChI=1S/C12H16FNO4S2/c1-8-6-9(7-10(11(8)13)12(15)16)20(17,18)14-4-3-5-19-2/h6-7,14H,3-5H2,1-2H3,(H,15,16). The summed E-state index contributed by atoms with van der Waals surface area (Å²) < 4.78 is 39.9. The first kappa shape index (κ1) is 16.9. The number of hydrogen-bond donors (Lipinski definition) is 2. The fourth-order valence-corrected chi connectivity index (χ4v) is 3.17. The highest BCUT2D eigenvalue weighted by molar-refractivity contribution is 7.98. The van der Waals surface area contributed by atoms with E-state index in [0.717, 1.165) is 17.9 Å². The molecule has 0 atom stereocenters. The Morgan fingerprint density at radius 3 is 2.65 bits per heavy atom. The minimum absolute atomic E-state index is 0.0191. The molecule has 0 spiro atoms. The maximum atomic E-state index is 13.6. The quantitative estimate of drug-likeness (QED) is 0.749. The van der Waals surface area contributed by atoms with Crippen molar-refractivity contribution in [1.29, 1.82) is 0 Å². The number of sulfonamides is 1. The summed E-state index contributed by atoms with van der Waals surface area (Å²) in [6.45, 7) is 1.58. The van der Waals surface area contributed by atoms with Crippen LogP contribution in [0.1, 0.15) is 22.3 Å². The summed E-state index contributed by atoms with van der Waals surface area (Å²) in [4.78, 5) is 10.7. The van der Waals surface area contributed by atoms with E-state index in [9.17, 15) is 17.6 Å². The van der Waals surface area contributed by atoms with Gasteiger partial charge in [0.25, 0.3) is 0 Å². The molecule has 0 aliphatic carbocycles. The number of nitrogens with one attached hydrogen (secondary N) is 1. The lowest BCUT2D eigenvalue weighted by Crippen LogP contribution is -2.25. The Bertz CT molecular complexity index is 602. The van der Waals surface area contributed by atoms with Crippen molar-refractivity contribution in [2.24, 2.45) is 0 Å². The first-order valence-corrected chi connectivity index (χ1v) is 8.69. The van der Waals surface area contributed by atoms with Gasteiger partial charge in [-0.05, 0) is 43.0 Å². The number of aryl methyl sites for hydroxylation is 1. The van der Waals surface area contributed by atoms with E-state index >= 15 is 0 Å². The van der Waals surface area contributed by atoms with Crippen LogP contribution in [0, 0.1) is 12.7 Å². The molecule has 0 fully saturated rings. The zero-order valence-electron chi connectivity index (χ0n) is 11.1. The summed E-state index contributed by atoms with van der Waals surface area (Å²) in [6, 6.07) is 1.96. The SMILES string of the molecule is CSCCCNS(=O)(=O)c1cc(C)c(F)c(C(=O)O)c1. The van der Waals surface area contributed by atoms with Crippen LogP contribution < -0.4 is 4.72 Å². The molecule has 20 heavy (non-hydrogen) atoms. The number of carboxylic acid groups (broad SMARTS) is 1. The van der Waals surface area contributed by atoms with Gasteiger partial charge in [0.1, 0.15) is 5.82 Å². The van der Waals surface area contributed by atoms with Crippen molar-refractivity contribution in [3.05, 3.63) is 29.1 Å². The van der Waals surface area contributed by atoms with Crippen LogP contribution >= 0.6 is 11.8 Å². The Balaban J connectivity index is 3.04. The second-order valence-electron chi connectivity index (χ2n) is 4.15. The Kier molecular flexibility index (Phi) is 5.97. The Labute approximate surface area is 121 Å². The maximum Gasteiger partial charge on any atom is 0.338 e. The van der Waals surface area contributed by atoms with Crippen molar-refractivity contribution in [3.8, 4) is 0 Å². The summed E-state index contributed by atoms with van der Waals surface area (Å²) in [5.74, 6) is -1.60. The van der Waals surface area contributed by atoms with Crippen LogP contribution in [0.15, 0.2) is 17.0 Å². The zero-order chi connectivity index (χ0) is 15.3. The molecule has 0 unspecified atom stereocenters. The van der Waals surface area contributed by atoms with Crippen molar-refractivity contribution in [3.63, 3.8) is 0 Å². The van der Waals surface area contributed by atoms with E-state index in [0.29, 0.717) is 6.42 Å². The van der Waals surface area contributed by atoms with E-state index in [4.69, 9.17) is 5.11 Å². The van der Waals surface area contributed by atoms with Crippen molar-refractivity contribution in [2.75, 3.05) is 18.6 Å². The highest BCUT2D eigenvalue weighted by Crippen LogP contribution is 2.19. The average Bonchev–Trinajstić information content (AvgIpc) is 2.37. The third kappa shape index (κ3) is 4.19. The molecule has 2 N–H and O–H groups in total. The summed E-state index contributed by atoms with van der Waals surface area (Å²) in [5, 5.41) is 8.87. The smallest absolute Gasteiger partial charge is 0.338 e. The molecule has 1 aromatic rings. The molecule has 0 saturated carbocycles. The Morgan fingerprint density at radius 1 is 1.45 bits per heavy atom. The fourth-order valence-electron chi connectivity index (χ4n) is 1.55. The molecule has 0 amide bonds. The number of carbonyl (C=O) groups is 1. The Morgan fingerprint density at radius 2 is 2.10 bits per heavy atom. The normalized spacial score (nSPS) is 11.6. The molecule has 0 heterocycles. The number of benzene rings is 1. The van der Waals surface area contributed by atoms with E-state index < -0.39 is 27.4 Å². The molecule has 112 valence electrons. The zero-order valence-corrected chi connectivity index (χ0v) is 12.8. The summed E-state index contributed by atoms with van der Waals surface area (Å²) in [6.07, 6.45) is 2.57. The summed E-state index contributed by atoms with van der Waals surface area (Å²) in [5.41, 5.74) is -0.663. The molecule has 1 rings (SSSR count). The molecular weight excluding hydrogens is 305 g/mol. The minimum atomic E-state index is -3.83. The molecule has 0 aliphatic heterocycles. The molecule has 0 aromatic heterocycles. The highest BCUT2D eigenvalue weighted by Gasteiger charge is 2.20. The molecule has 0 radical (unpaired) electrons. The third-order valence-corrected chi connectivity index (χ3v) is 4.72.